The lowest BCUT2D eigenvalue weighted by atomic mass is 10.2. The van der Waals surface area contributed by atoms with Crippen LogP contribution in [0.15, 0.2) is 12.3 Å². The molecule has 16 heavy (non-hydrogen) atoms. The van der Waals surface area contributed by atoms with E-state index in [0.717, 1.165) is 12.8 Å². The fourth-order valence-corrected chi connectivity index (χ4v) is 1.89. The van der Waals surface area contributed by atoms with E-state index in [1.807, 2.05) is 0 Å². The van der Waals surface area contributed by atoms with Crippen LogP contribution in [-0.4, -0.2) is 8.32 Å². The molecule has 0 atom stereocenters. The molecular formula is C14H26OSi. The van der Waals surface area contributed by atoms with E-state index in [2.05, 4.69) is 59.2 Å². The quantitative estimate of drug-likeness (QED) is 0.298. The summed E-state index contributed by atoms with van der Waals surface area (Å²) in [4.78, 5) is 0. The molecule has 0 radical (unpaired) electrons. The van der Waals surface area contributed by atoms with Crippen LogP contribution in [0.3, 0.4) is 0 Å². The van der Waals surface area contributed by atoms with Gasteiger partial charge in [0.25, 0.3) is 8.32 Å². The summed E-state index contributed by atoms with van der Waals surface area (Å²) in [6.07, 6.45) is 3.28. The lowest BCUT2D eigenvalue weighted by molar-refractivity contribution is 0.406. The minimum Gasteiger partial charge on any atom is -0.538 e. The van der Waals surface area contributed by atoms with Gasteiger partial charge in [-0.25, -0.2) is 0 Å². The van der Waals surface area contributed by atoms with E-state index in [-0.39, 0.29) is 5.04 Å². The van der Waals surface area contributed by atoms with Gasteiger partial charge in [0.15, 0.2) is 0 Å². The van der Waals surface area contributed by atoms with Gasteiger partial charge in [-0.2, -0.15) is 0 Å². The number of rotatable bonds is 4. The molecule has 0 unspecified atom stereocenters. The van der Waals surface area contributed by atoms with Crippen molar-refractivity contribution in [3.8, 4) is 11.8 Å². The first kappa shape index (κ1) is 15.3. The van der Waals surface area contributed by atoms with Gasteiger partial charge < -0.3 is 4.43 Å². The van der Waals surface area contributed by atoms with Crippen molar-refractivity contribution in [1.82, 2.24) is 0 Å². The zero-order valence-corrected chi connectivity index (χ0v) is 12.7. The van der Waals surface area contributed by atoms with E-state index < -0.39 is 8.32 Å². The molecule has 0 aromatic carbocycles. The highest BCUT2D eigenvalue weighted by Gasteiger charge is 2.38. The molecule has 0 aromatic rings. The van der Waals surface area contributed by atoms with Crippen LogP contribution in [0.1, 0.15) is 47.0 Å². The zero-order valence-electron chi connectivity index (χ0n) is 11.7. The van der Waals surface area contributed by atoms with Crippen molar-refractivity contribution < 1.29 is 4.43 Å². The number of unbranched alkanes of at least 4 members (excludes halogenated alkanes) is 2. The van der Waals surface area contributed by atoms with Crippen molar-refractivity contribution in [1.29, 1.82) is 0 Å². The molecule has 0 aliphatic heterocycles. The van der Waals surface area contributed by atoms with Crippen molar-refractivity contribution in [2.75, 3.05) is 0 Å². The first-order chi connectivity index (χ1) is 7.20. The monoisotopic (exact) mass is 238 g/mol. The summed E-state index contributed by atoms with van der Waals surface area (Å²) in [6, 6.07) is 0. The summed E-state index contributed by atoms with van der Waals surface area (Å²) in [5.74, 6) is 6.76. The Morgan fingerprint density at radius 1 is 1.31 bits per heavy atom. The van der Waals surface area contributed by atoms with Crippen LogP contribution < -0.4 is 0 Å². The lowest BCUT2D eigenvalue weighted by Gasteiger charge is -2.36. The van der Waals surface area contributed by atoms with E-state index in [4.69, 9.17) is 4.43 Å². The Morgan fingerprint density at radius 3 is 2.31 bits per heavy atom. The maximum atomic E-state index is 5.95. The van der Waals surface area contributed by atoms with Crippen LogP contribution in [-0.2, 0) is 4.43 Å². The molecule has 0 aliphatic rings. The first-order valence-electron chi connectivity index (χ1n) is 6.07. The molecular weight excluding hydrogens is 212 g/mol. The van der Waals surface area contributed by atoms with Crippen LogP contribution in [0.5, 0.6) is 0 Å². The Hall–Kier alpha value is -0.683. The van der Waals surface area contributed by atoms with E-state index in [1.165, 1.54) is 6.42 Å². The van der Waals surface area contributed by atoms with Gasteiger partial charge in [-0.15, -0.1) is 0 Å². The summed E-state index contributed by atoms with van der Waals surface area (Å²) >= 11 is 0. The third kappa shape index (κ3) is 5.41. The van der Waals surface area contributed by atoms with Gasteiger partial charge in [0.1, 0.15) is 5.76 Å². The Morgan fingerprint density at radius 2 is 1.88 bits per heavy atom. The molecule has 0 aromatic heterocycles. The fourth-order valence-electron chi connectivity index (χ4n) is 0.913. The van der Waals surface area contributed by atoms with E-state index in [9.17, 15) is 0 Å². The molecule has 2 heteroatoms. The summed E-state index contributed by atoms with van der Waals surface area (Å²) in [5.41, 5.74) is 0. The molecule has 0 fully saturated rings. The second kappa shape index (κ2) is 6.15. The molecule has 0 aliphatic carbocycles. The summed E-state index contributed by atoms with van der Waals surface area (Å²) in [7, 11) is -1.74. The Balaban J connectivity index is 4.28. The minimum atomic E-state index is -1.74. The fraction of sp³-hybridized carbons (Fsp3) is 0.714. The van der Waals surface area contributed by atoms with Crippen LogP contribution >= 0.6 is 0 Å². The Labute approximate surface area is 102 Å². The van der Waals surface area contributed by atoms with Crippen molar-refractivity contribution in [3.05, 3.63) is 12.3 Å². The highest BCUT2D eigenvalue weighted by molar-refractivity contribution is 6.74. The van der Waals surface area contributed by atoms with Crippen molar-refractivity contribution in [3.63, 3.8) is 0 Å². The molecule has 0 saturated heterocycles. The van der Waals surface area contributed by atoms with Crippen LogP contribution in [0.25, 0.3) is 0 Å². The molecule has 0 amide bonds. The topological polar surface area (TPSA) is 9.23 Å². The van der Waals surface area contributed by atoms with Crippen molar-refractivity contribution in [2.45, 2.75) is 65.1 Å². The highest BCUT2D eigenvalue weighted by Crippen LogP contribution is 2.37. The molecule has 0 bridgehead atoms. The highest BCUT2D eigenvalue weighted by atomic mass is 28.4. The molecule has 0 saturated carbocycles. The standard InChI is InChI=1S/C14H26OSi/c1-8-9-10-11-12-13(2)15-16(6,7)14(3,4)5/h2,8-10H2,1,3-7H3. The second-order valence-corrected chi connectivity index (χ2v) is 10.4. The normalized spacial score (nSPS) is 11.6. The number of hydrogen-bond acceptors (Lipinski definition) is 1. The van der Waals surface area contributed by atoms with E-state index in [1.54, 1.807) is 0 Å². The Kier molecular flexibility index (Phi) is 5.89. The maximum Gasteiger partial charge on any atom is 0.251 e. The largest absolute Gasteiger partial charge is 0.538 e. The predicted molar refractivity (Wildman–Crippen MR) is 74.7 cm³/mol. The molecule has 92 valence electrons. The second-order valence-electron chi connectivity index (χ2n) is 5.69. The van der Waals surface area contributed by atoms with Gasteiger partial charge in [-0.05, 0) is 37.1 Å². The molecule has 0 heterocycles. The van der Waals surface area contributed by atoms with Crippen molar-refractivity contribution in [2.24, 2.45) is 0 Å². The third-order valence-corrected chi connectivity index (χ3v) is 7.44. The van der Waals surface area contributed by atoms with Crippen LogP contribution in [0, 0.1) is 11.8 Å². The summed E-state index contributed by atoms with van der Waals surface area (Å²) in [5, 5.41) is 0.209. The van der Waals surface area contributed by atoms with Crippen LogP contribution in [0.4, 0.5) is 0 Å². The summed E-state index contributed by atoms with van der Waals surface area (Å²) < 4.78 is 5.95. The predicted octanol–water partition coefficient (Wildman–Crippen LogP) is 4.72. The third-order valence-electron chi connectivity index (χ3n) is 3.07. The van der Waals surface area contributed by atoms with Gasteiger partial charge in [0.05, 0.1) is 0 Å². The van der Waals surface area contributed by atoms with E-state index in [0.29, 0.717) is 5.76 Å². The van der Waals surface area contributed by atoms with Gasteiger partial charge in [-0.1, -0.05) is 40.0 Å². The van der Waals surface area contributed by atoms with Gasteiger partial charge in [0, 0.05) is 6.42 Å². The van der Waals surface area contributed by atoms with Gasteiger partial charge in [0.2, 0.25) is 0 Å². The lowest BCUT2D eigenvalue weighted by Crippen LogP contribution is -2.40. The molecule has 0 spiro atoms. The van der Waals surface area contributed by atoms with E-state index >= 15 is 0 Å². The van der Waals surface area contributed by atoms with Crippen LogP contribution in [0.2, 0.25) is 18.1 Å². The average molecular weight is 238 g/mol. The number of allylic oxidation sites excluding steroid dienone is 1. The Bertz CT molecular complexity index is 286. The molecule has 0 N–H and O–H groups in total. The average Bonchev–Trinajstić information content (AvgIpc) is 2.10. The molecule has 1 nitrogen and oxygen atoms in total. The SMILES string of the molecule is C=C(C#CCCCC)O[Si](C)(C)C(C)(C)C. The first-order valence-corrected chi connectivity index (χ1v) is 8.98. The van der Waals surface area contributed by atoms with Gasteiger partial charge in [-0.3, -0.25) is 0 Å². The smallest absolute Gasteiger partial charge is 0.251 e. The zero-order chi connectivity index (χ0) is 12.8. The van der Waals surface area contributed by atoms with Crippen molar-refractivity contribution >= 4 is 8.32 Å². The van der Waals surface area contributed by atoms with Gasteiger partial charge >= 0.3 is 0 Å². The summed E-state index contributed by atoms with van der Waals surface area (Å²) in [6.45, 7) is 17.1. The minimum absolute atomic E-state index is 0.209. The maximum absolute atomic E-state index is 5.95. The molecule has 0 rings (SSSR count). The number of hydrogen-bond donors (Lipinski definition) is 0.